The maximum Gasteiger partial charge on any atom is 0.310 e. The van der Waals surface area contributed by atoms with E-state index in [9.17, 15) is 9.59 Å². The van der Waals surface area contributed by atoms with Crippen molar-refractivity contribution in [3.63, 3.8) is 0 Å². The lowest BCUT2D eigenvalue weighted by Crippen LogP contribution is -2.17. The molecule has 21 heavy (non-hydrogen) atoms. The van der Waals surface area contributed by atoms with Gasteiger partial charge >= 0.3 is 5.97 Å². The van der Waals surface area contributed by atoms with Crippen molar-refractivity contribution in [1.82, 2.24) is 0 Å². The molecule has 0 bridgehead atoms. The average molecular weight is 287 g/mol. The van der Waals surface area contributed by atoms with Crippen LogP contribution in [0.25, 0.3) is 0 Å². The topological polar surface area (TPSA) is 66.4 Å². The van der Waals surface area contributed by atoms with E-state index in [1.807, 2.05) is 0 Å². The number of hydrogen-bond donors (Lipinski definition) is 2. The molecule has 0 aliphatic heterocycles. The maximum atomic E-state index is 12.3. The van der Waals surface area contributed by atoms with Crippen LogP contribution in [-0.2, 0) is 9.59 Å². The Morgan fingerprint density at radius 2 is 1.86 bits per heavy atom. The number of aliphatic carboxylic acids is 1. The predicted octanol–water partition coefficient (Wildman–Crippen LogP) is 3.39. The molecule has 4 heteroatoms. The molecular formula is C17H21NO3. The minimum atomic E-state index is -0.840. The minimum absolute atomic E-state index is 0.121. The van der Waals surface area contributed by atoms with Gasteiger partial charge in [0, 0.05) is 11.6 Å². The van der Waals surface area contributed by atoms with Gasteiger partial charge in [0.25, 0.3) is 0 Å². The number of nitrogens with one attached hydrogen (secondary N) is 1. The molecule has 1 spiro atoms. The Labute approximate surface area is 124 Å². The van der Waals surface area contributed by atoms with Gasteiger partial charge in [-0.25, -0.2) is 0 Å². The summed E-state index contributed by atoms with van der Waals surface area (Å²) < 4.78 is 0. The standard InChI is InChI=1S/C17H21NO3/c1-11(16(20)21)12-4-6-13(7-5-12)18-15(19)14-10-17(14)8-2-3-9-17/h4-7,11,14H,2-3,8-10H2,1H3,(H,18,19)(H,20,21). The van der Waals surface area contributed by atoms with Crippen molar-refractivity contribution in [1.29, 1.82) is 0 Å². The summed E-state index contributed by atoms with van der Waals surface area (Å²) in [5, 5.41) is 11.9. The summed E-state index contributed by atoms with van der Waals surface area (Å²) in [7, 11) is 0. The van der Waals surface area contributed by atoms with E-state index in [4.69, 9.17) is 5.11 Å². The summed E-state index contributed by atoms with van der Waals surface area (Å²) in [6.07, 6.45) is 5.93. The Hall–Kier alpha value is -1.84. The van der Waals surface area contributed by atoms with Gasteiger partial charge in [0.1, 0.15) is 0 Å². The van der Waals surface area contributed by atoms with E-state index in [1.165, 1.54) is 25.7 Å². The summed E-state index contributed by atoms with van der Waals surface area (Å²) >= 11 is 0. The van der Waals surface area contributed by atoms with Crippen LogP contribution in [0.3, 0.4) is 0 Å². The molecule has 1 amide bonds. The van der Waals surface area contributed by atoms with Gasteiger partial charge in [-0.3, -0.25) is 9.59 Å². The lowest BCUT2D eigenvalue weighted by molar-refractivity contribution is -0.138. The van der Waals surface area contributed by atoms with E-state index < -0.39 is 11.9 Å². The van der Waals surface area contributed by atoms with Crippen molar-refractivity contribution >= 4 is 17.6 Å². The average Bonchev–Trinajstić information content (AvgIpc) is 2.97. The van der Waals surface area contributed by atoms with Crippen molar-refractivity contribution in [3.8, 4) is 0 Å². The maximum absolute atomic E-state index is 12.3. The first-order chi connectivity index (χ1) is 10.0. The van der Waals surface area contributed by atoms with Crippen LogP contribution in [0.5, 0.6) is 0 Å². The number of carbonyl (C=O) groups excluding carboxylic acids is 1. The zero-order chi connectivity index (χ0) is 15.0. The third-order valence-electron chi connectivity index (χ3n) is 5.15. The van der Waals surface area contributed by atoms with E-state index in [1.54, 1.807) is 31.2 Å². The molecule has 1 aromatic rings. The second-order valence-electron chi connectivity index (χ2n) is 6.50. The predicted molar refractivity (Wildman–Crippen MR) is 80.1 cm³/mol. The molecule has 2 aliphatic rings. The molecule has 2 aliphatic carbocycles. The van der Waals surface area contributed by atoms with E-state index >= 15 is 0 Å². The Bertz CT molecular complexity index is 558. The molecule has 0 aromatic heterocycles. The van der Waals surface area contributed by atoms with Crippen molar-refractivity contribution in [2.75, 3.05) is 5.32 Å². The number of anilines is 1. The molecule has 1 aromatic carbocycles. The fourth-order valence-electron chi connectivity index (χ4n) is 3.58. The monoisotopic (exact) mass is 287 g/mol. The highest BCUT2D eigenvalue weighted by molar-refractivity contribution is 5.95. The van der Waals surface area contributed by atoms with Crippen molar-refractivity contribution in [2.45, 2.75) is 44.9 Å². The molecule has 2 atom stereocenters. The molecule has 2 saturated carbocycles. The van der Waals surface area contributed by atoms with Gasteiger partial charge in [0.05, 0.1) is 5.92 Å². The summed E-state index contributed by atoms with van der Waals surface area (Å²) in [6, 6.07) is 7.12. The summed E-state index contributed by atoms with van der Waals surface area (Å²) in [5.74, 6) is -1.07. The van der Waals surface area contributed by atoms with Crippen molar-refractivity contribution < 1.29 is 14.7 Å². The van der Waals surface area contributed by atoms with Crippen LogP contribution in [-0.4, -0.2) is 17.0 Å². The number of benzene rings is 1. The van der Waals surface area contributed by atoms with Gasteiger partial charge in [0.2, 0.25) is 5.91 Å². The SMILES string of the molecule is CC(C(=O)O)c1ccc(NC(=O)C2CC23CCCC3)cc1. The van der Waals surface area contributed by atoms with Gasteiger partial charge in [0.15, 0.2) is 0 Å². The Morgan fingerprint density at radius 3 is 2.43 bits per heavy atom. The Kier molecular flexibility index (Phi) is 3.47. The van der Waals surface area contributed by atoms with Crippen LogP contribution >= 0.6 is 0 Å². The van der Waals surface area contributed by atoms with Crippen LogP contribution in [0.2, 0.25) is 0 Å². The molecule has 2 fully saturated rings. The summed E-state index contributed by atoms with van der Waals surface area (Å²) in [4.78, 5) is 23.2. The van der Waals surface area contributed by atoms with Crippen LogP contribution in [0.1, 0.15) is 50.5 Å². The lowest BCUT2D eigenvalue weighted by Gasteiger charge is -2.11. The normalized spacial score (nSPS) is 23.8. The number of rotatable bonds is 4. The molecule has 4 nitrogen and oxygen atoms in total. The number of amides is 1. The van der Waals surface area contributed by atoms with Gasteiger partial charge in [-0.05, 0) is 49.3 Å². The van der Waals surface area contributed by atoms with Gasteiger partial charge < -0.3 is 10.4 Å². The highest BCUT2D eigenvalue weighted by atomic mass is 16.4. The molecule has 2 N–H and O–H groups in total. The lowest BCUT2D eigenvalue weighted by atomic mass is 10.0. The third-order valence-corrected chi connectivity index (χ3v) is 5.15. The first-order valence-electron chi connectivity index (χ1n) is 7.65. The van der Waals surface area contributed by atoms with Crippen molar-refractivity contribution in [3.05, 3.63) is 29.8 Å². The highest BCUT2D eigenvalue weighted by Crippen LogP contribution is 2.63. The summed E-state index contributed by atoms with van der Waals surface area (Å²) in [5.41, 5.74) is 1.81. The van der Waals surface area contributed by atoms with Gasteiger partial charge in [-0.15, -0.1) is 0 Å². The zero-order valence-corrected chi connectivity index (χ0v) is 12.3. The molecular weight excluding hydrogens is 266 g/mol. The highest BCUT2D eigenvalue weighted by Gasteiger charge is 2.58. The molecule has 0 saturated heterocycles. The Morgan fingerprint density at radius 1 is 1.24 bits per heavy atom. The zero-order valence-electron chi connectivity index (χ0n) is 12.3. The molecule has 3 rings (SSSR count). The molecule has 0 heterocycles. The van der Waals surface area contributed by atoms with E-state index in [-0.39, 0.29) is 11.8 Å². The molecule has 112 valence electrons. The second-order valence-corrected chi connectivity index (χ2v) is 6.50. The van der Waals surface area contributed by atoms with Gasteiger partial charge in [-0.2, -0.15) is 0 Å². The van der Waals surface area contributed by atoms with Crippen LogP contribution in [0, 0.1) is 11.3 Å². The van der Waals surface area contributed by atoms with E-state index in [2.05, 4.69) is 5.32 Å². The quantitative estimate of drug-likeness (QED) is 0.892. The van der Waals surface area contributed by atoms with Crippen molar-refractivity contribution in [2.24, 2.45) is 11.3 Å². The fourth-order valence-corrected chi connectivity index (χ4v) is 3.58. The van der Waals surface area contributed by atoms with Crippen LogP contribution in [0.15, 0.2) is 24.3 Å². The second kappa shape index (κ2) is 5.17. The van der Waals surface area contributed by atoms with Crippen LogP contribution in [0.4, 0.5) is 5.69 Å². The number of carboxylic acid groups (broad SMARTS) is 1. The molecule has 0 radical (unpaired) electrons. The fraction of sp³-hybridized carbons (Fsp3) is 0.529. The first kappa shape index (κ1) is 14.1. The summed E-state index contributed by atoms with van der Waals surface area (Å²) in [6.45, 7) is 1.66. The van der Waals surface area contributed by atoms with Gasteiger partial charge in [-0.1, -0.05) is 25.0 Å². The number of carbonyl (C=O) groups is 2. The minimum Gasteiger partial charge on any atom is -0.481 e. The molecule has 2 unspecified atom stereocenters. The van der Waals surface area contributed by atoms with E-state index in [0.29, 0.717) is 5.41 Å². The number of carboxylic acids is 1. The first-order valence-corrected chi connectivity index (χ1v) is 7.65. The largest absolute Gasteiger partial charge is 0.481 e. The smallest absolute Gasteiger partial charge is 0.310 e. The third kappa shape index (κ3) is 2.67. The van der Waals surface area contributed by atoms with E-state index in [0.717, 1.165) is 17.7 Å². The van der Waals surface area contributed by atoms with Crippen LogP contribution < -0.4 is 5.32 Å². The Balaban J connectivity index is 1.61. The number of hydrogen-bond acceptors (Lipinski definition) is 2.